The van der Waals surface area contributed by atoms with Crippen LogP contribution in [-0.4, -0.2) is 58.1 Å². The number of fused-ring (bicyclic) bond motifs is 1. The van der Waals surface area contributed by atoms with Crippen LogP contribution in [0.15, 0.2) is 41.4 Å². The third-order valence-corrected chi connectivity index (χ3v) is 7.12. The van der Waals surface area contributed by atoms with E-state index in [0.717, 1.165) is 35.7 Å². The minimum Gasteiger partial charge on any atom is -0.347 e. The van der Waals surface area contributed by atoms with Crippen molar-refractivity contribution in [3.8, 4) is 0 Å². The summed E-state index contributed by atoms with van der Waals surface area (Å²) >= 11 is 1.61. The van der Waals surface area contributed by atoms with Gasteiger partial charge in [-0.05, 0) is 54.6 Å². The second-order valence-electron chi connectivity index (χ2n) is 8.38. The molecule has 0 spiro atoms. The molecule has 0 unspecified atom stereocenters. The SMILES string of the molecule is CCSc1ccc(F)cc1[C@H]1C[C@H](F)CN1c1ccc2ncc(C(=O)N[C@H]3CCNC3)n2n1. The predicted octanol–water partition coefficient (Wildman–Crippen LogP) is 3.36. The summed E-state index contributed by atoms with van der Waals surface area (Å²) < 4.78 is 30.3. The van der Waals surface area contributed by atoms with Gasteiger partial charge in [0.15, 0.2) is 11.3 Å². The predicted molar refractivity (Wildman–Crippen MR) is 124 cm³/mol. The zero-order chi connectivity index (χ0) is 22.9. The number of rotatable bonds is 6. The number of nitrogens with one attached hydrogen (secondary N) is 2. The maximum atomic E-state index is 14.6. The number of imidazole rings is 1. The molecule has 7 nitrogen and oxygen atoms in total. The fraction of sp³-hybridized carbons (Fsp3) is 0.435. The first-order chi connectivity index (χ1) is 16.0. The number of hydrogen-bond acceptors (Lipinski definition) is 6. The number of alkyl halides is 1. The van der Waals surface area contributed by atoms with Gasteiger partial charge in [0.2, 0.25) is 0 Å². The molecule has 1 aromatic carbocycles. The third-order valence-electron chi connectivity index (χ3n) is 6.15. The first kappa shape index (κ1) is 22.1. The van der Waals surface area contributed by atoms with E-state index in [4.69, 9.17) is 0 Å². The van der Waals surface area contributed by atoms with Crippen LogP contribution in [-0.2, 0) is 0 Å². The summed E-state index contributed by atoms with van der Waals surface area (Å²) in [6.45, 7) is 3.80. The quantitative estimate of drug-likeness (QED) is 0.536. The van der Waals surface area contributed by atoms with Crippen molar-refractivity contribution < 1.29 is 13.6 Å². The van der Waals surface area contributed by atoms with E-state index < -0.39 is 6.17 Å². The van der Waals surface area contributed by atoms with Crippen LogP contribution in [0.5, 0.6) is 0 Å². The molecule has 0 aliphatic carbocycles. The number of nitrogens with zero attached hydrogens (tertiary/aromatic N) is 4. The Morgan fingerprint density at radius 1 is 1.33 bits per heavy atom. The summed E-state index contributed by atoms with van der Waals surface area (Å²) in [4.78, 5) is 19.9. The zero-order valence-corrected chi connectivity index (χ0v) is 19.1. The molecule has 2 aliphatic rings. The summed E-state index contributed by atoms with van der Waals surface area (Å²) in [6, 6.07) is 7.97. The molecule has 1 amide bonds. The van der Waals surface area contributed by atoms with Crippen LogP contribution in [0.4, 0.5) is 14.6 Å². The maximum Gasteiger partial charge on any atom is 0.271 e. The Hall–Kier alpha value is -2.72. The smallest absolute Gasteiger partial charge is 0.271 e. The van der Waals surface area contributed by atoms with Crippen molar-refractivity contribution in [2.75, 3.05) is 30.3 Å². The molecule has 3 aromatic rings. The van der Waals surface area contributed by atoms with Gasteiger partial charge in [0.1, 0.15) is 17.8 Å². The van der Waals surface area contributed by atoms with Gasteiger partial charge in [-0.1, -0.05) is 6.92 Å². The number of carbonyl (C=O) groups excluding carboxylic acids is 1. The lowest BCUT2D eigenvalue weighted by Crippen LogP contribution is -2.37. The van der Waals surface area contributed by atoms with Crippen molar-refractivity contribution in [3.63, 3.8) is 0 Å². The van der Waals surface area contributed by atoms with Crippen LogP contribution in [0.2, 0.25) is 0 Å². The van der Waals surface area contributed by atoms with E-state index in [1.165, 1.54) is 22.8 Å². The van der Waals surface area contributed by atoms with Crippen molar-refractivity contribution >= 4 is 29.1 Å². The van der Waals surface area contributed by atoms with Gasteiger partial charge in [-0.25, -0.2) is 18.3 Å². The number of benzene rings is 1. The molecule has 0 bridgehead atoms. The van der Waals surface area contributed by atoms with Gasteiger partial charge >= 0.3 is 0 Å². The second kappa shape index (κ2) is 9.26. The van der Waals surface area contributed by atoms with Gasteiger partial charge in [0.25, 0.3) is 5.91 Å². The standard InChI is InChI=1S/C23H26F2N6OS/c1-2-33-20-4-3-14(24)9-17(20)18-10-15(25)13-30(18)22-6-5-21-27-12-19(31(21)29-22)23(32)28-16-7-8-26-11-16/h3-6,9,12,15-16,18,26H,2,7-8,10-11,13H2,1H3,(H,28,32)/t15-,16-,18+/m0/s1. The van der Waals surface area contributed by atoms with Gasteiger partial charge in [0.05, 0.1) is 18.8 Å². The van der Waals surface area contributed by atoms with Gasteiger partial charge in [-0.15, -0.1) is 16.9 Å². The molecule has 2 N–H and O–H groups in total. The summed E-state index contributed by atoms with van der Waals surface area (Å²) in [5.41, 5.74) is 1.63. The van der Waals surface area contributed by atoms with E-state index >= 15 is 0 Å². The number of anilines is 1. The maximum absolute atomic E-state index is 14.6. The molecule has 174 valence electrons. The fourth-order valence-corrected chi connectivity index (χ4v) is 5.45. The van der Waals surface area contributed by atoms with E-state index in [-0.39, 0.29) is 36.8 Å². The molecule has 2 aliphatic heterocycles. The minimum atomic E-state index is -1.06. The van der Waals surface area contributed by atoms with Crippen LogP contribution < -0.4 is 15.5 Å². The summed E-state index contributed by atoms with van der Waals surface area (Å²) in [6.07, 6.45) is 1.58. The van der Waals surface area contributed by atoms with Gasteiger partial charge in [0, 0.05) is 23.9 Å². The van der Waals surface area contributed by atoms with E-state index in [1.54, 1.807) is 30.0 Å². The summed E-state index contributed by atoms with van der Waals surface area (Å²) in [7, 11) is 0. The van der Waals surface area contributed by atoms with Crippen molar-refractivity contribution in [2.24, 2.45) is 0 Å². The molecule has 0 radical (unpaired) electrons. The number of halogens is 2. The average Bonchev–Trinajstić information content (AvgIpc) is 3.54. The third kappa shape index (κ3) is 4.41. The first-order valence-electron chi connectivity index (χ1n) is 11.2. The highest BCUT2D eigenvalue weighted by Crippen LogP contribution is 2.40. The molecule has 10 heteroatoms. The molecule has 4 heterocycles. The largest absolute Gasteiger partial charge is 0.347 e. The number of thioether (sulfide) groups is 1. The highest BCUT2D eigenvalue weighted by atomic mass is 32.2. The second-order valence-corrected chi connectivity index (χ2v) is 9.69. The molecule has 3 atom stereocenters. The lowest BCUT2D eigenvalue weighted by molar-refractivity contribution is 0.0933. The molecule has 0 saturated carbocycles. The Balaban J connectivity index is 1.49. The van der Waals surface area contributed by atoms with Gasteiger partial charge in [-0.2, -0.15) is 0 Å². The van der Waals surface area contributed by atoms with E-state index in [1.807, 2.05) is 11.8 Å². The topological polar surface area (TPSA) is 74.6 Å². The number of hydrogen-bond donors (Lipinski definition) is 2. The minimum absolute atomic E-state index is 0.0731. The molecule has 2 aromatic heterocycles. The van der Waals surface area contributed by atoms with Crippen LogP contribution in [0, 0.1) is 5.82 Å². The Kier molecular flexibility index (Phi) is 6.20. The number of aromatic nitrogens is 3. The molecule has 2 saturated heterocycles. The van der Waals surface area contributed by atoms with Gasteiger partial charge < -0.3 is 15.5 Å². The number of amides is 1. The lowest BCUT2D eigenvalue weighted by atomic mass is 10.0. The Bertz CT molecular complexity index is 1170. The van der Waals surface area contributed by atoms with E-state index in [9.17, 15) is 13.6 Å². The highest BCUT2D eigenvalue weighted by molar-refractivity contribution is 7.99. The molecule has 5 rings (SSSR count). The first-order valence-corrected chi connectivity index (χ1v) is 12.2. The lowest BCUT2D eigenvalue weighted by Gasteiger charge is -2.27. The van der Waals surface area contributed by atoms with Gasteiger partial charge in [-0.3, -0.25) is 4.79 Å². The van der Waals surface area contributed by atoms with Crippen LogP contribution >= 0.6 is 11.8 Å². The molecule has 33 heavy (non-hydrogen) atoms. The van der Waals surface area contributed by atoms with Crippen molar-refractivity contribution in [3.05, 3.63) is 53.6 Å². The number of carbonyl (C=O) groups is 1. The normalized spacial score (nSPS) is 22.9. The Morgan fingerprint density at radius 2 is 2.21 bits per heavy atom. The molecular formula is C23H26F2N6OS. The van der Waals surface area contributed by atoms with E-state index in [0.29, 0.717) is 17.2 Å². The molecule has 2 fully saturated rings. The fourth-order valence-electron chi connectivity index (χ4n) is 4.61. The zero-order valence-electron chi connectivity index (χ0n) is 18.3. The Labute approximate surface area is 194 Å². The van der Waals surface area contributed by atoms with E-state index in [2.05, 4.69) is 20.7 Å². The van der Waals surface area contributed by atoms with Crippen molar-refractivity contribution in [1.82, 2.24) is 25.2 Å². The van der Waals surface area contributed by atoms with Crippen LogP contribution in [0.25, 0.3) is 5.65 Å². The highest BCUT2D eigenvalue weighted by Gasteiger charge is 2.36. The monoisotopic (exact) mass is 472 g/mol. The average molecular weight is 473 g/mol. The van der Waals surface area contributed by atoms with Crippen molar-refractivity contribution in [2.45, 2.75) is 42.9 Å². The molecular weight excluding hydrogens is 446 g/mol. The van der Waals surface area contributed by atoms with Crippen LogP contribution in [0.1, 0.15) is 41.9 Å². The summed E-state index contributed by atoms with van der Waals surface area (Å²) in [5, 5.41) is 10.9. The van der Waals surface area contributed by atoms with Crippen molar-refractivity contribution in [1.29, 1.82) is 0 Å². The summed E-state index contributed by atoms with van der Waals surface area (Å²) in [5.74, 6) is 0.775. The van der Waals surface area contributed by atoms with Crippen LogP contribution in [0.3, 0.4) is 0 Å². The Morgan fingerprint density at radius 3 is 3.00 bits per heavy atom.